The number of esters is 1. The number of ether oxygens (including phenoxy) is 1. The maximum absolute atomic E-state index is 12.2. The minimum absolute atomic E-state index is 0.198. The molecular formula is C22H20N4O4. The van der Waals surface area contributed by atoms with E-state index in [1.165, 1.54) is 12.0 Å². The molecule has 8 heteroatoms. The van der Waals surface area contributed by atoms with Gasteiger partial charge in [-0.25, -0.2) is 9.48 Å². The van der Waals surface area contributed by atoms with E-state index in [9.17, 15) is 14.7 Å². The molecule has 0 saturated carbocycles. The van der Waals surface area contributed by atoms with Crippen molar-refractivity contribution in [3.63, 3.8) is 0 Å². The molecule has 1 unspecified atom stereocenters. The summed E-state index contributed by atoms with van der Waals surface area (Å²) < 4.78 is 6.46. The lowest BCUT2D eigenvalue weighted by molar-refractivity contribution is -0.137. The average Bonchev–Trinajstić information content (AvgIpc) is 3.25. The van der Waals surface area contributed by atoms with Gasteiger partial charge >= 0.3 is 5.97 Å². The molecule has 0 spiro atoms. The molecule has 3 heterocycles. The molecule has 8 nitrogen and oxygen atoms in total. The SMILES string of the molecule is COC(=O)c1nn(-c2cccc(C#CC3(O)CCN(C)C3=O)c2)c2cnc(C)cc12. The Labute approximate surface area is 173 Å². The first-order valence-corrected chi connectivity index (χ1v) is 9.37. The highest BCUT2D eigenvalue weighted by Gasteiger charge is 2.42. The number of amides is 1. The van der Waals surface area contributed by atoms with Gasteiger partial charge in [-0.15, -0.1) is 0 Å². The van der Waals surface area contributed by atoms with E-state index in [-0.39, 0.29) is 12.1 Å². The summed E-state index contributed by atoms with van der Waals surface area (Å²) in [4.78, 5) is 30.1. The van der Waals surface area contributed by atoms with Crippen molar-refractivity contribution >= 4 is 22.8 Å². The van der Waals surface area contributed by atoms with Crippen molar-refractivity contribution < 1.29 is 19.4 Å². The van der Waals surface area contributed by atoms with Crippen LogP contribution in [0.25, 0.3) is 16.6 Å². The second kappa shape index (κ2) is 7.28. The number of hydrogen-bond acceptors (Lipinski definition) is 6. The van der Waals surface area contributed by atoms with Crippen LogP contribution in [0.5, 0.6) is 0 Å². The van der Waals surface area contributed by atoms with E-state index in [1.54, 1.807) is 42.2 Å². The molecule has 1 saturated heterocycles. The Kier molecular flexibility index (Phi) is 4.76. The van der Waals surface area contributed by atoms with E-state index in [0.717, 1.165) is 5.69 Å². The van der Waals surface area contributed by atoms with E-state index >= 15 is 0 Å². The fourth-order valence-electron chi connectivity index (χ4n) is 3.42. The van der Waals surface area contributed by atoms with Crippen molar-refractivity contribution in [3.8, 4) is 17.5 Å². The zero-order valence-electron chi connectivity index (χ0n) is 16.8. The smallest absolute Gasteiger partial charge is 0.359 e. The molecule has 2 aromatic heterocycles. The number of carbonyl (C=O) groups excluding carboxylic acids is 2. The third-order valence-corrected chi connectivity index (χ3v) is 5.10. The van der Waals surface area contributed by atoms with E-state index in [2.05, 4.69) is 21.9 Å². The van der Waals surface area contributed by atoms with Crippen LogP contribution < -0.4 is 0 Å². The van der Waals surface area contributed by atoms with E-state index in [0.29, 0.717) is 28.7 Å². The first-order chi connectivity index (χ1) is 14.3. The van der Waals surface area contributed by atoms with E-state index in [1.807, 2.05) is 13.0 Å². The highest BCUT2D eigenvalue weighted by atomic mass is 16.5. The zero-order valence-corrected chi connectivity index (χ0v) is 16.8. The van der Waals surface area contributed by atoms with Crippen LogP contribution in [-0.2, 0) is 9.53 Å². The molecule has 0 radical (unpaired) electrons. The number of aromatic nitrogens is 3. The molecule has 0 aliphatic carbocycles. The van der Waals surface area contributed by atoms with Crippen molar-refractivity contribution in [2.24, 2.45) is 0 Å². The second-order valence-corrected chi connectivity index (χ2v) is 7.23. The van der Waals surface area contributed by atoms with Gasteiger partial charge in [0.2, 0.25) is 5.60 Å². The molecule has 1 aromatic carbocycles. The van der Waals surface area contributed by atoms with Crippen LogP contribution in [0, 0.1) is 18.8 Å². The normalized spacial score (nSPS) is 18.4. The Bertz CT molecular complexity index is 1240. The summed E-state index contributed by atoms with van der Waals surface area (Å²) in [5.74, 6) is 4.67. The number of fused-ring (bicyclic) bond motifs is 1. The van der Waals surface area contributed by atoms with Crippen LogP contribution >= 0.6 is 0 Å². The molecule has 0 bridgehead atoms. The number of carbonyl (C=O) groups is 2. The largest absolute Gasteiger partial charge is 0.464 e. The first kappa shape index (κ1) is 19.6. The fourth-order valence-corrected chi connectivity index (χ4v) is 3.42. The number of likely N-dealkylation sites (tertiary alicyclic amines) is 1. The Hall–Kier alpha value is -3.70. The Morgan fingerprint density at radius 3 is 2.83 bits per heavy atom. The highest BCUT2D eigenvalue weighted by Crippen LogP contribution is 2.24. The van der Waals surface area contributed by atoms with Gasteiger partial charge in [0.1, 0.15) is 0 Å². The predicted octanol–water partition coefficient (Wildman–Crippen LogP) is 1.46. The first-order valence-electron chi connectivity index (χ1n) is 9.37. The molecule has 1 aliphatic heterocycles. The molecule has 30 heavy (non-hydrogen) atoms. The summed E-state index contributed by atoms with van der Waals surface area (Å²) in [6.45, 7) is 2.30. The van der Waals surface area contributed by atoms with Crippen LogP contribution in [0.3, 0.4) is 0 Å². The number of rotatable bonds is 2. The van der Waals surface area contributed by atoms with E-state index < -0.39 is 17.5 Å². The van der Waals surface area contributed by atoms with Crippen LogP contribution in [-0.4, -0.2) is 63.0 Å². The topological polar surface area (TPSA) is 97.5 Å². The quantitative estimate of drug-likeness (QED) is 0.513. The highest BCUT2D eigenvalue weighted by molar-refractivity contribution is 6.02. The molecule has 3 aromatic rings. The van der Waals surface area contributed by atoms with Gasteiger partial charge in [0, 0.05) is 36.7 Å². The van der Waals surface area contributed by atoms with Crippen LogP contribution in [0.15, 0.2) is 36.5 Å². The third-order valence-electron chi connectivity index (χ3n) is 5.10. The standard InChI is InChI=1S/C22H20N4O4/c1-14-11-17-18(13-23-14)26(24-19(17)20(27)30-3)16-6-4-5-15(12-16)7-8-22(29)9-10-25(2)21(22)28/h4-6,11-13,29H,9-10H2,1-3H3. The minimum atomic E-state index is -1.66. The minimum Gasteiger partial charge on any atom is -0.464 e. The summed E-state index contributed by atoms with van der Waals surface area (Å²) in [6.07, 6.45) is 1.92. The average molecular weight is 404 g/mol. The van der Waals surface area contributed by atoms with Gasteiger partial charge in [-0.3, -0.25) is 9.78 Å². The van der Waals surface area contributed by atoms with Gasteiger partial charge in [-0.1, -0.05) is 17.9 Å². The van der Waals surface area contributed by atoms with Gasteiger partial charge in [-0.2, -0.15) is 5.10 Å². The molecule has 4 rings (SSSR count). The van der Waals surface area contributed by atoms with Gasteiger partial charge in [0.15, 0.2) is 5.69 Å². The van der Waals surface area contributed by atoms with Gasteiger partial charge in [-0.05, 0) is 31.2 Å². The summed E-state index contributed by atoms with van der Waals surface area (Å²) in [6, 6.07) is 8.94. The number of aryl methyl sites for hydroxylation is 1. The summed E-state index contributed by atoms with van der Waals surface area (Å²) >= 11 is 0. The lowest BCUT2D eigenvalue weighted by atomic mass is 10.0. The maximum Gasteiger partial charge on any atom is 0.359 e. The Morgan fingerprint density at radius 2 is 2.13 bits per heavy atom. The van der Waals surface area contributed by atoms with Crippen molar-refractivity contribution in [3.05, 3.63) is 53.5 Å². The summed E-state index contributed by atoms with van der Waals surface area (Å²) in [5, 5.41) is 15.6. The number of nitrogens with zero attached hydrogens (tertiary/aromatic N) is 4. The molecule has 1 N–H and O–H groups in total. The fraction of sp³-hybridized carbons (Fsp3) is 0.273. The molecule has 152 valence electrons. The molecule has 1 atom stereocenters. The van der Waals surface area contributed by atoms with Crippen molar-refractivity contribution in [1.82, 2.24) is 19.7 Å². The lowest BCUT2D eigenvalue weighted by Crippen LogP contribution is -2.37. The number of methoxy groups -OCH3 is 1. The summed E-state index contributed by atoms with van der Waals surface area (Å²) in [7, 11) is 2.95. The zero-order chi connectivity index (χ0) is 21.5. The van der Waals surface area contributed by atoms with Crippen molar-refractivity contribution in [2.45, 2.75) is 18.9 Å². The molecule has 1 amide bonds. The number of pyridine rings is 1. The number of hydrogen-bond donors (Lipinski definition) is 1. The number of aliphatic hydroxyl groups is 1. The predicted molar refractivity (Wildman–Crippen MR) is 109 cm³/mol. The van der Waals surface area contributed by atoms with E-state index in [4.69, 9.17) is 4.74 Å². The lowest BCUT2D eigenvalue weighted by Gasteiger charge is -2.13. The molecular weight excluding hydrogens is 384 g/mol. The monoisotopic (exact) mass is 404 g/mol. The van der Waals surface area contributed by atoms with Crippen molar-refractivity contribution in [1.29, 1.82) is 0 Å². The maximum atomic E-state index is 12.2. The molecule has 1 aliphatic rings. The van der Waals surface area contributed by atoms with Gasteiger partial charge in [0.05, 0.1) is 24.5 Å². The third kappa shape index (κ3) is 3.29. The number of likely N-dealkylation sites (N-methyl/N-ethyl adjacent to an activating group) is 1. The van der Waals surface area contributed by atoms with Gasteiger partial charge < -0.3 is 14.7 Å². The molecule has 1 fully saturated rings. The van der Waals surface area contributed by atoms with Crippen molar-refractivity contribution in [2.75, 3.05) is 20.7 Å². The Balaban J connectivity index is 1.77. The summed E-state index contributed by atoms with van der Waals surface area (Å²) in [5.41, 5.74) is 1.20. The Morgan fingerprint density at radius 1 is 1.33 bits per heavy atom. The van der Waals surface area contributed by atoms with Gasteiger partial charge in [0.25, 0.3) is 5.91 Å². The van der Waals surface area contributed by atoms with Crippen LogP contribution in [0.4, 0.5) is 0 Å². The second-order valence-electron chi connectivity index (χ2n) is 7.23. The number of benzene rings is 1. The van der Waals surface area contributed by atoms with Crippen LogP contribution in [0.1, 0.15) is 28.2 Å². The van der Waals surface area contributed by atoms with Crippen LogP contribution in [0.2, 0.25) is 0 Å².